The van der Waals surface area contributed by atoms with Crippen LogP contribution in [0.4, 0.5) is 0 Å². The molecular formula is C16H34MgO2. The molecule has 0 aliphatic heterocycles. The van der Waals surface area contributed by atoms with Crippen molar-refractivity contribution in [2.75, 3.05) is 0 Å². The Morgan fingerprint density at radius 2 is 0.947 bits per heavy atom. The second-order valence-electron chi connectivity index (χ2n) is 5.05. The van der Waals surface area contributed by atoms with Crippen LogP contribution in [0.2, 0.25) is 0 Å². The molecule has 0 fully saturated rings. The molecule has 0 aliphatic carbocycles. The molecule has 0 amide bonds. The van der Waals surface area contributed by atoms with Crippen molar-refractivity contribution in [1.29, 1.82) is 0 Å². The standard InChI is InChI=1S/2C8H17O.Mg/c2*1-3-5-6-7-8(9)4-2;/h2*8H,3-7H2,1-2H3;/q2*-1;+2. The molecule has 0 saturated carbocycles. The van der Waals surface area contributed by atoms with Gasteiger partial charge in [-0.3, -0.25) is 0 Å². The molecule has 0 aromatic rings. The third-order valence-electron chi connectivity index (χ3n) is 3.17. The Kier molecular flexibility index (Phi) is 27.3. The molecule has 0 radical (unpaired) electrons. The first-order valence-electron chi connectivity index (χ1n) is 7.93. The summed E-state index contributed by atoms with van der Waals surface area (Å²) in [4.78, 5) is 0. The van der Waals surface area contributed by atoms with Gasteiger partial charge in [0.05, 0.1) is 0 Å². The molecule has 0 aromatic heterocycles. The summed E-state index contributed by atoms with van der Waals surface area (Å²) in [6.45, 7) is 8.24. The van der Waals surface area contributed by atoms with Crippen LogP contribution in [-0.2, 0) is 0 Å². The fourth-order valence-corrected chi connectivity index (χ4v) is 1.65. The summed E-state index contributed by atoms with van der Waals surface area (Å²) < 4.78 is 0. The SMILES string of the molecule is CCCCCC([O-])CC.CCCCCC([O-])CC.[Mg+2]. The normalized spacial score (nSPS) is 12.9. The molecule has 3 heteroatoms. The van der Waals surface area contributed by atoms with Crippen molar-refractivity contribution >= 4 is 23.1 Å². The molecule has 0 rings (SSSR count). The van der Waals surface area contributed by atoms with Crippen molar-refractivity contribution in [3.8, 4) is 0 Å². The average molecular weight is 283 g/mol. The van der Waals surface area contributed by atoms with E-state index in [-0.39, 0.29) is 35.3 Å². The molecule has 112 valence electrons. The summed E-state index contributed by atoms with van der Waals surface area (Å²) in [6, 6.07) is 0. The minimum Gasteiger partial charge on any atom is -0.852 e. The van der Waals surface area contributed by atoms with Gasteiger partial charge in [0.15, 0.2) is 0 Å². The molecule has 2 nitrogen and oxygen atoms in total. The van der Waals surface area contributed by atoms with Crippen LogP contribution < -0.4 is 10.2 Å². The Balaban J connectivity index is -0.000000256. The van der Waals surface area contributed by atoms with Crippen molar-refractivity contribution < 1.29 is 10.2 Å². The molecule has 2 atom stereocenters. The van der Waals surface area contributed by atoms with E-state index < -0.39 is 0 Å². The molecule has 0 aliphatic rings. The van der Waals surface area contributed by atoms with Crippen molar-refractivity contribution in [3.63, 3.8) is 0 Å². The van der Waals surface area contributed by atoms with Crippen LogP contribution in [-0.4, -0.2) is 35.3 Å². The zero-order valence-corrected chi connectivity index (χ0v) is 15.2. The summed E-state index contributed by atoms with van der Waals surface area (Å²) in [7, 11) is 0. The molecular weight excluding hydrogens is 248 g/mol. The third-order valence-corrected chi connectivity index (χ3v) is 3.17. The number of unbranched alkanes of at least 4 members (excludes halogenated alkanes) is 4. The first-order chi connectivity index (χ1) is 8.62. The first-order valence-corrected chi connectivity index (χ1v) is 7.93. The smallest absolute Gasteiger partial charge is 0.852 e. The predicted octanol–water partition coefficient (Wildman–Crippen LogP) is 3.03. The fraction of sp³-hybridized carbons (Fsp3) is 1.00. The average Bonchev–Trinajstić information content (AvgIpc) is 2.39. The van der Waals surface area contributed by atoms with E-state index in [9.17, 15) is 10.2 Å². The summed E-state index contributed by atoms with van der Waals surface area (Å²) in [5.74, 6) is 0. The fourth-order valence-electron chi connectivity index (χ4n) is 1.65. The Morgan fingerprint density at radius 1 is 0.632 bits per heavy atom. The van der Waals surface area contributed by atoms with Gasteiger partial charge in [-0.2, -0.15) is 0 Å². The molecule has 0 saturated heterocycles. The van der Waals surface area contributed by atoms with Crippen LogP contribution >= 0.6 is 0 Å². The Morgan fingerprint density at radius 3 is 1.16 bits per heavy atom. The van der Waals surface area contributed by atoms with Crippen molar-refractivity contribution in [2.45, 2.75) is 104 Å². The topological polar surface area (TPSA) is 46.1 Å². The van der Waals surface area contributed by atoms with Gasteiger partial charge < -0.3 is 10.2 Å². The molecule has 0 bridgehead atoms. The molecule has 0 aromatic carbocycles. The number of hydrogen-bond donors (Lipinski definition) is 0. The Hall–Kier alpha value is 0.686. The minimum absolute atomic E-state index is 0. The van der Waals surface area contributed by atoms with E-state index >= 15 is 0 Å². The van der Waals surface area contributed by atoms with E-state index in [2.05, 4.69) is 13.8 Å². The van der Waals surface area contributed by atoms with Crippen LogP contribution in [0.3, 0.4) is 0 Å². The van der Waals surface area contributed by atoms with Crippen molar-refractivity contribution in [3.05, 3.63) is 0 Å². The number of hydrogen-bond acceptors (Lipinski definition) is 2. The summed E-state index contributed by atoms with van der Waals surface area (Å²) in [5, 5.41) is 21.5. The largest absolute Gasteiger partial charge is 2.00 e. The monoisotopic (exact) mass is 282 g/mol. The second kappa shape index (κ2) is 21.0. The summed E-state index contributed by atoms with van der Waals surface area (Å²) in [6.07, 6.45) is 9.89. The van der Waals surface area contributed by atoms with Gasteiger partial charge in [0.25, 0.3) is 0 Å². The molecule has 0 N–H and O–H groups in total. The zero-order chi connectivity index (χ0) is 14.2. The van der Waals surface area contributed by atoms with Gasteiger partial charge in [-0.1, -0.05) is 91.9 Å². The van der Waals surface area contributed by atoms with Gasteiger partial charge in [-0.25, -0.2) is 0 Å². The van der Waals surface area contributed by atoms with E-state index in [1.54, 1.807) is 0 Å². The third kappa shape index (κ3) is 24.1. The maximum Gasteiger partial charge on any atom is 2.00 e. The minimum atomic E-state index is -0.295. The van der Waals surface area contributed by atoms with Crippen LogP contribution in [0.25, 0.3) is 0 Å². The van der Waals surface area contributed by atoms with Gasteiger partial charge >= 0.3 is 23.1 Å². The maximum atomic E-state index is 10.8. The maximum absolute atomic E-state index is 10.8. The van der Waals surface area contributed by atoms with Crippen LogP contribution in [0, 0.1) is 0 Å². The van der Waals surface area contributed by atoms with E-state index in [1.165, 1.54) is 25.7 Å². The molecule has 2 unspecified atom stereocenters. The summed E-state index contributed by atoms with van der Waals surface area (Å²) in [5.41, 5.74) is 0. The van der Waals surface area contributed by atoms with E-state index in [0.717, 1.165) is 38.5 Å². The van der Waals surface area contributed by atoms with E-state index in [4.69, 9.17) is 0 Å². The molecule has 0 spiro atoms. The van der Waals surface area contributed by atoms with E-state index in [0.29, 0.717) is 0 Å². The van der Waals surface area contributed by atoms with Crippen molar-refractivity contribution in [2.24, 2.45) is 0 Å². The van der Waals surface area contributed by atoms with Gasteiger partial charge in [0.1, 0.15) is 0 Å². The second-order valence-corrected chi connectivity index (χ2v) is 5.05. The van der Waals surface area contributed by atoms with Gasteiger partial charge in [-0.05, 0) is 0 Å². The first kappa shape index (κ1) is 24.7. The van der Waals surface area contributed by atoms with Gasteiger partial charge in [-0.15, -0.1) is 12.2 Å². The van der Waals surface area contributed by atoms with Crippen molar-refractivity contribution in [1.82, 2.24) is 0 Å². The van der Waals surface area contributed by atoms with Crippen LogP contribution in [0.15, 0.2) is 0 Å². The Bertz CT molecular complexity index is 127. The quantitative estimate of drug-likeness (QED) is 0.457. The van der Waals surface area contributed by atoms with Gasteiger partial charge in [0, 0.05) is 0 Å². The molecule has 19 heavy (non-hydrogen) atoms. The van der Waals surface area contributed by atoms with Crippen LogP contribution in [0.5, 0.6) is 0 Å². The summed E-state index contributed by atoms with van der Waals surface area (Å²) >= 11 is 0. The predicted molar refractivity (Wildman–Crippen MR) is 82.2 cm³/mol. The van der Waals surface area contributed by atoms with Crippen LogP contribution in [0.1, 0.15) is 91.9 Å². The van der Waals surface area contributed by atoms with Gasteiger partial charge in [0.2, 0.25) is 0 Å². The zero-order valence-electron chi connectivity index (χ0n) is 13.7. The number of rotatable bonds is 10. The molecule has 0 heterocycles. The van der Waals surface area contributed by atoms with E-state index in [1.807, 2.05) is 13.8 Å². The Labute approximate surface area is 137 Å².